The van der Waals surface area contributed by atoms with Crippen molar-refractivity contribution in [3.05, 3.63) is 39.5 Å². The van der Waals surface area contributed by atoms with Gasteiger partial charge in [-0.15, -0.1) is 11.3 Å². The zero-order valence-electron chi connectivity index (χ0n) is 13.9. The molecule has 2 amide bonds. The lowest BCUT2D eigenvalue weighted by atomic mass is 10.2. The predicted octanol–water partition coefficient (Wildman–Crippen LogP) is 2.62. The van der Waals surface area contributed by atoms with E-state index < -0.39 is 11.8 Å². The second kappa shape index (κ2) is 8.39. The van der Waals surface area contributed by atoms with Crippen molar-refractivity contribution in [1.82, 2.24) is 5.32 Å². The number of anilines is 1. The van der Waals surface area contributed by atoms with Crippen LogP contribution >= 0.6 is 22.9 Å². The molecule has 1 aliphatic heterocycles. The maximum Gasteiger partial charge on any atom is 0.313 e. The van der Waals surface area contributed by atoms with Gasteiger partial charge in [0.05, 0.1) is 4.34 Å². The zero-order valence-corrected chi connectivity index (χ0v) is 15.5. The molecule has 0 unspecified atom stereocenters. The van der Waals surface area contributed by atoms with Gasteiger partial charge in [0.2, 0.25) is 0 Å². The first-order valence-corrected chi connectivity index (χ1v) is 9.03. The molecule has 0 fully saturated rings. The van der Waals surface area contributed by atoms with Crippen LogP contribution in [0, 0.1) is 0 Å². The molecule has 1 aromatic heterocycles. The molecule has 0 spiro atoms. The molecule has 3 rings (SSSR count). The Hall–Kier alpha value is -2.29. The van der Waals surface area contributed by atoms with E-state index in [1.165, 1.54) is 18.4 Å². The summed E-state index contributed by atoms with van der Waals surface area (Å²) in [6.07, 6.45) is -0.376. The number of amides is 2. The monoisotopic (exact) mass is 396 g/mol. The Balaban J connectivity index is 1.55. The second-order valence-corrected chi connectivity index (χ2v) is 7.14. The van der Waals surface area contributed by atoms with Crippen molar-refractivity contribution in [3.63, 3.8) is 0 Å². The summed E-state index contributed by atoms with van der Waals surface area (Å²) in [6.45, 7) is 1.08. The summed E-state index contributed by atoms with van der Waals surface area (Å²) < 4.78 is 16.8. The van der Waals surface area contributed by atoms with Crippen LogP contribution in [0.1, 0.15) is 11.0 Å². The lowest BCUT2D eigenvalue weighted by Gasteiger charge is -2.19. The molecule has 9 heteroatoms. The Kier molecular flexibility index (Phi) is 5.97. The normalized spacial score (nSPS) is 13.8. The largest absolute Gasteiger partial charge is 0.486 e. The van der Waals surface area contributed by atoms with Crippen molar-refractivity contribution in [2.45, 2.75) is 6.10 Å². The molecule has 0 saturated carbocycles. The number of fused-ring (bicyclic) bond motifs is 1. The number of hydrogen-bond donors (Lipinski definition) is 2. The number of rotatable bonds is 5. The molecule has 2 aromatic rings. The van der Waals surface area contributed by atoms with Crippen molar-refractivity contribution in [2.24, 2.45) is 0 Å². The van der Waals surface area contributed by atoms with E-state index >= 15 is 0 Å². The topological polar surface area (TPSA) is 85.9 Å². The fourth-order valence-corrected chi connectivity index (χ4v) is 3.51. The Morgan fingerprint density at radius 1 is 1.19 bits per heavy atom. The minimum Gasteiger partial charge on any atom is -0.486 e. The van der Waals surface area contributed by atoms with Crippen molar-refractivity contribution in [3.8, 4) is 11.5 Å². The number of benzene rings is 1. The van der Waals surface area contributed by atoms with E-state index in [2.05, 4.69) is 10.6 Å². The average Bonchev–Trinajstić information content (AvgIpc) is 3.08. The fourth-order valence-electron chi connectivity index (χ4n) is 2.38. The Morgan fingerprint density at radius 2 is 1.96 bits per heavy atom. The van der Waals surface area contributed by atoms with Crippen LogP contribution in [0.4, 0.5) is 5.69 Å². The smallest absolute Gasteiger partial charge is 0.313 e. The summed E-state index contributed by atoms with van der Waals surface area (Å²) in [4.78, 5) is 25.0. The Labute approximate surface area is 159 Å². The maximum absolute atomic E-state index is 12.1. The summed E-state index contributed by atoms with van der Waals surface area (Å²) in [7, 11) is 1.53. The molecule has 2 N–H and O–H groups in total. The fraction of sp³-hybridized carbons (Fsp3) is 0.294. The van der Waals surface area contributed by atoms with Crippen LogP contribution in [0.2, 0.25) is 4.34 Å². The van der Waals surface area contributed by atoms with Crippen molar-refractivity contribution < 1.29 is 23.8 Å². The predicted molar refractivity (Wildman–Crippen MR) is 98.2 cm³/mol. The SMILES string of the molecule is CO[C@@H](CNC(=O)C(=O)Nc1ccc2c(c1)OCCO2)c1ccc(Cl)s1. The highest BCUT2D eigenvalue weighted by molar-refractivity contribution is 7.16. The molecule has 2 heterocycles. The molecule has 0 aliphatic carbocycles. The first-order valence-electron chi connectivity index (χ1n) is 7.83. The Morgan fingerprint density at radius 3 is 2.65 bits per heavy atom. The van der Waals surface area contributed by atoms with E-state index in [4.69, 9.17) is 25.8 Å². The first-order chi connectivity index (χ1) is 12.6. The summed E-state index contributed by atoms with van der Waals surface area (Å²) in [5.74, 6) is -0.398. The van der Waals surface area contributed by atoms with Gasteiger partial charge in [-0.1, -0.05) is 11.6 Å². The molecular weight excluding hydrogens is 380 g/mol. The summed E-state index contributed by atoms with van der Waals surface area (Å²) in [6, 6.07) is 8.52. The molecule has 7 nitrogen and oxygen atoms in total. The lowest BCUT2D eigenvalue weighted by Crippen LogP contribution is -2.37. The van der Waals surface area contributed by atoms with Crippen molar-refractivity contribution >= 4 is 40.4 Å². The third kappa shape index (κ3) is 4.46. The number of nitrogens with one attached hydrogen (secondary N) is 2. The maximum atomic E-state index is 12.1. The summed E-state index contributed by atoms with van der Waals surface area (Å²) >= 11 is 7.27. The van der Waals surface area contributed by atoms with Crippen LogP contribution in [0.15, 0.2) is 30.3 Å². The average molecular weight is 397 g/mol. The van der Waals surface area contributed by atoms with Crippen LogP contribution in [0.5, 0.6) is 11.5 Å². The number of halogens is 1. The molecule has 0 bridgehead atoms. The van der Waals surface area contributed by atoms with Crippen LogP contribution in [-0.2, 0) is 14.3 Å². The van der Waals surface area contributed by atoms with Crippen molar-refractivity contribution in [2.75, 3.05) is 32.2 Å². The van der Waals surface area contributed by atoms with Gasteiger partial charge < -0.3 is 24.8 Å². The highest BCUT2D eigenvalue weighted by Crippen LogP contribution is 2.32. The third-order valence-corrected chi connectivity index (χ3v) is 4.97. The first kappa shape index (κ1) is 18.5. The molecule has 1 atom stereocenters. The van der Waals surface area contributed by atoms with Crippen molar-refractivity contribution in [1.29, 1.82) is 0 Å². The van der Waals surface area contributed by atoms with E-state index in [1.807, 2.05) is 6.07 Å². The van der Waals surface area contributed by atoms with Gasteiger partial charge in [-0.2, -0.15) is 0 Å². The number of thiophene rings is 1. The minimum absolute atomic E-state index is 0.154. The summed E-state index contributed by atoms with van der Waals surface area (Å²) in [5.41, 5.74) is 0.447. The van der Waals surface area contributed by atoms with Crippen LogP contribution in [0.3, 0.4) is 0 Å². The molecular formula is C17H17ClN2O5S. The molecule has 0 saturated heterocycles. The van der Waals surface area contributed by atoms with Gasteiger partial charge in [0.1, 0.15) is 19.3 Å². The molecule has 1 aliphatic rings. The molecule has 1 aromatic carbocycles. The minimum atomic E-state index is -0.777. The Bertz CT molecular complexity index is 810. The van der Waals surface area contributed by atoms with Gasteiger partial charge in [0, 0.05) is 30.3 Å². The molecule has 26 heavy (non-hydrogen) atoms. The quantitative estimate of drug-likeness (QED) is 0.759. The summed E-state index contributed by atoms with van der Waals surface area (Å²) in [5, 5.41) is 5.09. The van der Waals surface area contributed by atoms with Crippen LogP contribution < -0.4 is 20.1 Å². The number of ether oxygens (including phenoxy) is 3. The standard InChI is InChI=1S/C17H17ClN2O5S/c1-23-13(14-4-5-15(18)26-14)9-19-16(21)17(22)20-10-2-3-11-12(8-10)25-7-6-24-11/h2-5,8,13H,6-7,9H2,1H3,(H,19,21)(H,20,22)/t13-/m0/s1. The highest BCUT2D eigenvalue weighted by Gasteiger charge is 2.19. The molecule has 0 radical (unpaired) electrons. The van der Waals surface area contributed by atoms with E-state index in [0.717, 1.165) is 4.88 Å². The zero-order chi connectivity index (χ0) is 18.5. The number of methoxy groups -OCH3 is 1. The molecule has 138 valence electrons. The van der Waals surface area contributed by atoms with E-state index in [9.17, 15) is 9.59 Å². The van der Waals surface area contributed by atoms with Gasteiger partial charge in [-0.25, -0.2) is 0 Å². The highest BCUT2D eigenvalue weighted by atomic mass is 35.5. The van der Waals surface area contributed by atoms with Gasteiger partial charge >= 0.3 is 11.8 Å². The second-order valence-electron chi connectivity index (χ2n) is 5.39. The van der Waals surface area contributed by atoms with E-state index in [0.29, 0.717) is 34.7 Å². The van der Waals surface area contributed by atoms with Gasteiger partial charge in [0.25, 0.3) is 0 Å². The third-order valence-electron chi connectivity index (χ3n) is 3.65. The number of carbonyl (C=O) groups excluding carboxylic acids is 2. The van der Waals surface area contributed by atoms with Crippen LogP contribution in [0.25, 0.3) is 0 Å². The van der Waals surface area contributed by atoms with Crippen LogP contribution in [-0.4, -0.2) is 38.7 Å². The van der Waals surface area contributed by atoms with E-state index in [1.54, 1.807) is 24.3 Å². The van der Waals surface area contributed by atoms with Gasteiger partial charge in [0.15, 0.2) is 11.5 Å². The van der Waals surface area contributed by atoms with E-state index in [-0.39, 0.29) is 12.6 Å². The lowest BCUT2D eigenvalue weighted by molar-refractivity contribution is -0.136. The van der Waals surface area contributed by atoms with Gasteiger partial charge in [-0.05, 0) is 24.3 Å². The number of hydrogen-bond acceptors (Lipinski definition) is 6. The van der Waals surface area contributed by atoms with Gasteiger partial charge in [-0.3, -0.25) is 9.59 Å². The number of carbonyl (C=O) groups is 2.